The second-order valence-electron chi connectivity index (χ2n) is 6.82. The number of nitrogens with one attached hydrogen (secondary N) is 1. The maximum absolute atomic E-state index is 12.6. The molecule has 1 N–H and O–H groups in total. The zero-order chi connectivity index (χ0) is 19.4. The summed E-state index contributed by atoms with van der Waals surface area (Å²) in [4.78, 5) is 24.9. The van der Waals surface area contributed by atoms with Gasteiger partial charge in [0.2, 0.25) is 0 Å². The lowest BCUT2D eigenvalue weighted by atomic mass is 10.1. The molecule has 0 aliphatic carbocycles. The number of fused-ring (bicyclic) bond motifs is 1. The van der Waals surface area contributed by atoms with Crippen LogP contribution >= 0.6 is 0 Å². The van der Waals surface area contributed by atoms with E-state index in [0.29, 0.717) is 22.9 Å². The van der Waals surface area contributed by atoms with Crippen LogP contribution in [0.3, 0.4) is 0 Å². The molecule has 5 heteroatoms. The molecule has 0 aliphatic heterocycles. The van der Waals surface area contributed by atoms with Crippen LogP contribution in [0.4, 0.5) is 0 Å². The molecule has 3 aromatic rings. The molecule has 0 bridgehead atoms. The van der Waals surface area contributed by atoms with E-state index in [1.165, 1.54) is 4.57 Å². The number of ether oxygens (including phenoxy) is 1. The van der Waals surface area contributed by atoms with E-state index in [1.807, 2.05) is 44.2 Å². The zero-order valence-corrected chi connectivity index (χ0v) is 15.9. The van der Waals surface area contributed by atoms with E-state index in [0.717, 1.165) is 17.7 Å². The molecule has 0 fully saturated rings. The highest BCUT2D eigenvalue weighted by Crippen LogP contribution is 2.16. The Labute approximate surface area is 158 Å². The first kappa shape index (κ1) is 18.7. The molecule has 0 saturated carbocycles. The SMILES string of the molecule is CC(C)Oc1ccc(CCNC(=O)c2cn(C)c(=O)c3ccccc23)cc1. The summed E-state index contributed by atoms with van der Waals surface area (Å²) in [6.07, 6.45) is 2.46. The molecular formula is C22H24N2O3. The summed E-state index contributed by atoms with van der Waals surface area (Å²) >= 11 is 0. The lowest BCUT2D eigenvalue weighted by Gasteiger charge is -2.11. The van der Waals surface area contributed by atoms with E-state index < -0.39 is 0 Å². The van der Waals surface area contributed by atoms with E-state index in [9.17, 15) is 9.59 Å². The third-order valence-electron chi connectivity index (χ3n) is 4.33. The van der Waals surface area contributed by atoms with Gasteiger partial charge in [-0.1, -0.05) is 30.3 Å². The van der Waals surface area contributed by atoms with Crippen LogP contribution in [0.15, 0.2) is 59.5 Å². The van der Waals surface area contributed by atoms with E-state index in [-0.39, 0.29) is 17.6 Å². The lowest BCUT2D eigenvalue weighted by Crippen LogP contribution is -2.28. The van der Waals surface area contributed by atoms with Crippen LogP contribution in [0.2, 0.25) is 0 Å². The van der Waals surface area contributed by atoms with Gasteiger partial charge in [-0.2, -0.15) is 0 Å². The predicted octanol–water partition coefficient (Wildman–Crippen LogP) is 3.30. The molecule has 0 spiro atoms. The van der Waals surface area contributed by atoms with Gasteiger partial charge in [0, 0.05) is 30.6 Å². The standard InChI is InChI=1S/C22H24N2O3/c1-15(2)27-17-10-8-16(9-11-17)12-13-23-21(25)20-14-24(3)22(26)19-7-5-4-6-18(19)20/h4-11,14-15H,12-13H2,1-3H3,(H,23,25). The van der Waals surface area contributed by atoms with Crippen molar-refractivity contribution >= 4 is 16.7 Å². The first-order chi connectivity index (χ1) is 13.0. The molecule has 1 heterocycles. The summed E-state index contributed by atoms with van der Waals surface area (Å²) in [6.45, 7) is 4.50. The minimum Gasteiger partial charge on any atom is -0.491 e. The van der Waals surface area contributed by atoms with Crippen LogP contribution in [0.1, 0.15) is 29.8 Å². The fourth-order valence-corrected chi connectivity index (χ4v) is 3.02. The highest BCUT2D eigenvalue weighted by Gasteiger charge is 2.13. The van der Waals surface area contributed by atoms with Gasteiger partial charge in [-0.15, -0.1) is 0 Å². The summed E-state index contributed by atoms with van der Waals surface area (Å²) in [6, 6.07) is 15.1. The van der Waals surface area contributed by atoms with Gasteiger partial charge in [-0.25, -0.2) is 0 Å². The van der Waals surface area contributed by atoms with Crippen molar-refractivity contribution in [1.82, 2.24) is 9.88 Å². The number of hydrogen-bond acceptors (Lipinski definition) is 3. The Bertz CT molecular complexity index is 1000. The summed E-state index contributed by atoms with van der Waals surface area (Å²) in [5, 5.41) is 4.17. The van der Waals surface area contributed by atoms with Crippen LogP contribution in [-0.4, -0.2) is 23.1 Å². The van der Waals surface area contributed by atoms with Crippen LogP contribution in [0, 0.1) is 0 Å². The number of amides is 1. The summed E-state index contributed by atoms with van der Waals surface area (Å²) in [5.74, 6) is 0.663. The molecule has 3 rings (SSSR count). The average molecular weight is 364 g/mol. The highest BCUT2D eigenvalue weighted by molar-refractivity contribution is 6.06. The molecule has 1 amide bonds. The van der Waals surface area contributed by atoms with Crippen molar-refractivity contribution < 1.29 is 9.53 Å². The fraction of sp³-hybridized carbons (Fsp3) is 0.273. The van der Waals surface area contributed by atoms with Gasteiger partial charge in [0.05, 0.1) is 11.7 Å². The molecule has 0 unspecified atom stereocenters. The van der Waals surface area contributed by atoms with Gasteiger partial charge in [-0.3, -0.25) is 9.59 Å². The molecule has 1 aromatic heterocycles. The van der Waals surface area contributed by atoms with E-state index in [1.54, 1.807) is 31.4 Å². The normalized spacial score (nSPS) is 11.0. The highest BCUT2D eigenvalue weighted by atomic mass is 16.5. The Morgan fingerprint density at radius 2 is 1.74 bits per heavy atom. The maximum Gasteiger partial charge on any atom is 0.258 e. The number of aromatic nitrogens is 1. The van der Waals surface area contributed by atoms with Crippen molar-refractivity contribution in [2.24, 2.45) is 7.05 Å². The number of benzene rings is 2. The first-order valence-corrected chi connectivity index (χ1v) is 9.08. The average Bonchev–Trinajstić information content (AvgIpc) is 2.65. The van der Waals surface area contributed by atoms with Crippen molar-refractivity contribution in [2.75, 3.05) is 6.54 Å². The monoisotopic (exact) mass is 364 g/mol. The lowest BCUT2D eigenvalue weighted by molar-refractivity contribution is 0.0955. The number of rotatable bonds is 6. The Balaban J connectivity index is 1.67. The molecule has 2 aromatic carbocycles. The van der Waals surface area contributed by atoms with Crippen molar-refractivity contribution in [1.29, 1.82) is 0 Å². The largest absolute Gasteiger partial charge is 0.491 e. The minimum absolute atomic E-state index is 0.106. The molecule has 0 saturated heterocycles. The second kappa shape index (κ2) is 8.08. The third-order valence-corrected chi connectivity index (χ3v) is 4.33. The maximum atomic E-state index is 12.6. The predicted molar refractivity (Wildman–Crippen MR) is 107 cm³/mol. The molecular weight excluding hydrogens is 340 g/mol. The van der Waals surface area contributed by atoms with Gasteiger partial charge in [0.1, 0.15) is 5.75 Å². The molecule has 0 radical (unpaired) electrons. The smallest absolute Gasteiger partial charge is 0.258 e. The van der Waals surface area contributed by atoms with Crippen LogP contribution in [0.25, 0.3) is 10.8 Å². The second-order valence-corrected chi connectivity index (χ2v) is 6.82. The molecule has 5 nitrogen and oxygen atoms in total. The zero-order valence-electron chi connectivity index (χ0n) is 15.9. The summed E-state index contributed by atoms with van der Waals surface area (Å²) in [5.41, 5.74) is 1.52. The van der Waals surface area contributed by atoms with Crippen molar-refractivity contribution in [3.8, 4) is 5.75 Å². The topological polar surface area (TPSA) is 60.3 Å². The number of carbonyl (C=O) groups is 1. The third kappa shape index (κ3) is 4.37. The quantitative estimate of drug-likeness (QED) is 0.730. The molecule has 0 atom stereocenters. The Kier molecular flexibility index (Phi) is 5.60. The molecule has 140 valence electrons. The fourth-order valence-electron chi connectivity index (χ4n) is 3.02. The van der Waals surface area contributed by atoms with Crippen LogP contribution in [-0.2, 0) is 13.5 Å². The molecule has 27 heavy (non-hydrogen) atoms. The van der Waals surface area contributed by atoms with Gasteiger partial charge in [0.25, 0.3) is 11.5 Å². The van der Waals surface area contributed by atoms with Gasteiger partial charge in [-0.05, 0) is 44.0 Å². The van der Waals surface area contributed by atoms with Crippen molar-refractivity contribution in [2.45, 2.75) is 26.4 Å². The first-order valence-electron chi connectivity index (χ1n) is 9.08. The van der Waals surface area contributed by atoms with Crippen LogP contribution < -0.4 is 15.6 Å². The van der Waals surface area contributed by atoms with Crippen molar-refractivity contribution in [3.63, 3.8) is 0 Å². The van der Waals surface area contributed by atoms with Crippen LogP contribution in [0.5, 0.6) is 5.75 Å². The number of nitrogens with zero attached hydrogens (tertiary/aromatic N) is 1. The van der Waals surface area contributed by atoms with Crippen molar-refractivity contribution in [3.05, 3.63) is 76.2 Å². The Morgan fingerprint density at radius 1 is 1.07 bits per heavy atom. The van der Waals surface area contributed by atoms with Gasteiger partial charge in [0.15, 0.2) is 0 Å². The molecule has 0 aliphatic rings. The van der Waals surface area contributed by atoms with E-state index in [4.69, 9.17) is 4.74 Å². The van der Waals surface area contributed by atoms with E-state index >= 15 is 0 Å². The minimum atomic E-state index is -0.179. The summed E-state index contributed by atoms with van der Waals surface area (Å²) in [7, 11) is 1.66. The summed E-state index contributed by atoms with van der Waals surface area (Å²) < 4.78 is 7.08. The Morgan fingerprint density at radius 3 is 2.41 bits per heavy atom. The van der Waals surface area contributed by atoms with E-state index in [2.05, 4.69) is 5.32 Å². The Hall–Kier alpha value is -3.08. The number of hydrogen-bond donors (Lipinski definition) is 1. The number of aryl methyl sites for hydroxylation is 1. The number of carbonyl (C=O) groups excluding carboxylic acids is 1. The van der Waals surface area contributed by atoms with Gasteiger partial charge >= 0.3 is 0 Å². The van der Waals surface area contributed by atoms with Gasteiger partial charge < -0.3 is 14.6 Å². The number of pyridine rings is 1.